The van der Waals surface area contributed by atoms with Gasteiger partial charge in [-0.1, -0.05) is 49.1 Å². The number of rotatable bonds is 10. The Labute approximate surface area is 258 Å². The Morgan fingerprint density at radius 3 is 2.77 bits per heavy atom. The number of hydrogen-bond acceptors (Lipinski definition) is 8. The van der Waals surface area contributed by atoms with E-state index in [1.807, 2.05) is 42.5 Å². The van der Waals surface area contributed by atoms with E-state index in [0.717, 1.165) is 12.0 Å². The SMILES string of the molecule is C#CCCCCOC(=O)C(/C=C/c1ccccc1)O[C@H]1C=C[C@]23OC(=O)[C@@]1(C)C2[C@H](C(=O)OC)[C@]12CC(=C)[C@](O)(CCC31)C2. The van der Waals surface area contributed by atoms with E-state index < -0.39 is 64.0 Å². The van der Waals surface area contributed by atoms with Crippen LogP contribution in [0.4, 0.5) is 0 Å². The van der Waals surface area contributed by atoms with Gasteiger partial charge in [-0.25, -0.2) is 4.79 Å². The Kier molecular flexibility index (Phi) is 7.62. The van der Waals surface area contributed by atoms with Gasteiger partial charge in [0.1, 0.15) is 11.0 Å². The van der Waals surface area contributed by atoms with Gasteiger partial charge in [-0.05, 0) is 74.2 Å². The Hall–Kier alpha value is -3.67. The topological polar surface area (TPSA) is 108 Å². The third-order valence-electron chi connectivity index (χ3n) is 11.0. The molecule has 8 heteroatoms. The maximum absolute atomic E-state index is 13.9. The van der Waals surface area contributed by atoms with Crippen molar-refractivity contribution in [2.24, 2.45) is 28.6 Å². The van der Waals surface area contributed by atoms with Gasteiger partial charge in [-0.3, -0.25) is 9.59 Å². The van der Waals surface area contributed by atoms with Crippen molar-refractivity contribution in [2.75, 3.05) is 13.7 Å². The fraction of sp³-hybridized carbons (Fsp3) is 0.528. The highest BCUT2D eigenvalue weighted by atomic mass is 16.6. The summed E-state index contributed by atoms with van der Waals surface area (Å²) >= 11 is 0. The molecule has 9 atom stereocenters. The normalized spacial score (nSPS) is 38.5. The van der Waals surface area contributed by atoms with Crippen molar-refractivity contribution in [3.8, 4) is 12.3 Å². The van der Waals surface area contributed by atoms with Crippen LogP contribution in [-0.4, -0.2) is 60.1 Å². The Bertz CT molecular complexity index is 1460. The maximum Gasteiger partial charge on any atom is 0.339 e. The second-order valence-corrected chi connectivity index (χ2v) is 13.3. The molecule has 1 aromatic carbocycles. The van der Waals surface area contributed by atoms with Gasteiger partial charge >= 0.3 is 17.9 Å². The number of carbonyl (C=O) groups excluding carboxylic acids is 3. The monoisotopic (exact) mass is 600 g/mol. The molecule has 1 N–H and O–H groups in total. The number of methoxy groups -OCH3 is 1. The Morgan fingerprint density at radius 2 is 2.05 bits per heavy atom. The zero-order valence-corrected chi connectivity index (χ0v) is 25.3. The van der Waals surface area contributed by atoms with Crippen molar-refractivity contribution in [1.29, 1.82) is 0 Å². The molecule has 1 aromatic rings. The molecular weight excluding hydrogens is 560 g/mol. The summed E-state index contributed by atoms with van der Waals surface area (Å²) in [4.78, 5) is 41.1. The molecule has 3 unspecified atom stereocenters. The second-order valence-electron chi connectivity index (χ2n) is 13.3. The molecule has 4 aliphatic carbocycles. The lowest BCUT2D eigenvalue weighted by Gasteiger charge is -2.44. The highest BCUT2D eigenvalue weighted by molar-refractivity contribution is 5.87. The molecule has 3 saturated carbocycles. The predicted octanol–water partition coefficient (Wildman–Crippen LogP) is 4.57. The van der Waals surface area contributed by atoms with Crippen LogP contribution in [0.1, 0.15) is 57.4 Å². The molecule has 1 heterocycles. The summed E-state index contributed by atoms with van der Waals surface area (Å²) in [5.74, 6) is -0.484. The first kappa shape index (κ1) is 30.4. The van der Waals surface area contributed by atoms with Gasteiger partial charge < -0.3 is 24.1 Å². The second kappa shape index (κ2) is 11.0. The molecular formula is C36H40O8. The number of ether oxygens (including phenoxy) is 4. The molecule has 1 spiro atoms. The minimum Gasteiger partial charge on any atom is -0.469 e. The fourth-order valence-corrected chi connectivity index (χ4v) is 9.10. The van der Waals surface area contributed by atoms with Crippen LogP contribution < -0.4 is 0 Å². The lowest BCUT2D eigenvalue weighted by molar-refractivity contribution is -0.172. The Morgan fingerprint density at radius 1 is 1.27 bits per heavy atom. The van der Waals surface area contributed by atoms with E-state index in [1.165, 1.54) is 7.11 Å². The van der Waals surface area contributed by atoms with Crippen LogP contribution >= 0.6 is 0 Å². The summed E-state index contributed by atoms with van der Waals surface area (Å²) in [6, 6.07) is 9.49. The van der Waals surface area contributed by atoms with Crippen LogP contribution in [0, 0.1) is 40.9 Å². The highest BCUT2D eigenvalue weighted by Crippen LogP contribution is 2.77. The van der Waals surface area contributed by atoms with Gasteiger partial charge in [0.25, 0.3) is 0 Å². The van der Waals surface area contributed by atoms with E-state index in [-0.39, 0.29) is 12.5 Å². The van der Waals surface area contributed by atoms with E-state index in [2.05, 4.69) is 12.5 Å². The first-order chi connectivity index (χ1) is 21.1. The fourth-order valence-electron chi connectivity index (χ4n) is 9.10. The largest absolute Gasteiger partial charge is 0.469 e. The van der Waals surface area contributed by atoms with Crippen molar-refractivity contribution in [3.05, 3.63) is 66.3 Å². The van der Waals surface area contributed by atoms with Crippen molar-refractivity contribution in [1.82, 2.24) is 0 Å². The van der Waals surface area contributed by atoms with E-state index in [1.54, 1.807) is 19.1 Å². The van der Waals surface area contributed by atoms with E-state index in [9.17, 15) is 19.5 Å². The molecule has 0 amide bonds. The molecule has 0 aromatic heterocycles. The van der Waals surface area contributed by atoms with Crippen molar-refractivity contribution in [3.63, 3.8) is 0 Å². The smallest absolute Gasteiger partial charge is 0.339 e. The van der Waals surface area contributed by atoms with Crippen LogP contribution in [0.2, 0.25) is 0 Å². The quantitative estimate of drug-likeness (QED) is 0.137. The van der Waals surface area contributed by atoms with Crippen molar-refractivity contribution < 1.29 is 38.4 Å². The van der Waals surface area contributed by atoms with E-state index in [4.69, 9.17) is 25.4 Å². The summed E-state index contributed by atoms with van der Waals surface area (Å²) in [5, 5.41) is 11.5. The van der Waals surface area contributed by atoms with Crippen LogP contribution in [0.3, 0.4) is 0 Å². The molecule has 1 aliphatic heterocycles. The standard InChI is InChI=1S/C36H40O8/c1-5-6-7-11-20-42-30(37)25(15-14-24-12-9-8-10-13-24)43-27-17-19-36-26-16-18-35(40)22-34(26,21-23(35)2)28(31(38)41-4)29(36)33(27,3)32(39)44-36/h1,8-10,12-15,17,19,25-29,40H,2,6-7,11,16,18,20-22H2,3-4H3/b15-14+/t25?,26?,27-,28+,29?,33+,34-,35-,36+/m0/s1. The average Bonchev–Trinajstić information content (AvgIpc) is 3.43. The predicted molar refractivity (Wildman–Crippen MR) is 161 cm³/mol. The minimum atomic E-state index is -1.31. The number of fused-ring (bicyclic) bond motifs is 1. The number of carbonyl (C=O) groups is 3. The first-order valence-electron chi connectivity index (χ1n) is 15.5. The third kappa shape index (κ3) is 4.39. The van der Waals surface area contributed by atoms with Gasteiger partial charge in [-0.2, -0.15) is 0 Å². The average molecular weight is 601 g/mol. The van der Waals surface area contributed by atoms with Gasteiger partial charge in [-0.15, -0.1) is 12.3 Å². The molecule has 0 radical (unpaired) electrons. The number of benzene rings is 1. The number of unbranched alkanes of at least 4 members (excludes halogenated alkanes) is 2. The van der Waals surface area contributed by atoms with Crippen LogP contribution in [0.5, 0.6) is 0 Å². The van der Waals surface area contributed by atoms with E-state index >= 15 is 0 Å². The highest BCUT2D eigenvalue weighted by Gasteiger charge is 2.84. The Balaban J connectivity index is 1.35. The molecule has 44 heavy (non-hydrogen) atoms. The molecule has 8 nitrogen and oxygen atoms in total. The van der Waals surface area contributed by atoms with Crippen molar-refractivity contribution in [2.45, 2.75) is 75.3 Å². The summed E-state index contributed by atoms with van der Waals surface area (Å²) in [5.41, 5.74) is -2.52. The maximum atomic E-state index is 13.9. The molecule has 5 aliphatic rings. The molecule has 4 bridgehead atoms. The minimum absolute atomic E-state index is 0.187. The third-order valence-corrected chi connectivity index (χ3v) is 11.0. The van der Waals surface area contributed by atoms with Gasteiger partial charge in [0.05, 0.1) is 31.3 Å². The number of esters is 3. The van der Waals surface area contributed by atoms with Gasteiger partial charge in [0.15, 0.2) is 6.10 Å². The number of aliphatic hydroxyl groups is 1. The van der Waals surface area contributed by atoms with Gasteiger partial charge in [0, 0.05) is 18.3 Å². The zero-order valence-electron chi connectivity index (χ0n) is 25.3. The van der Waals surface area contributed by atoms with Crippen LogP contribution in [0.25, 0.3) is 6.08 Å². The summed E-state index contributed by atoms with van der Waals surface area (Å²) in [6.45, 7) is 6.14. The lowest BCUT2D eigenvalue weighted by Crippen LogP contribution is -2.53. The molecule has 232 valence electrons. The summed E-state index contributed by atoms with van der Waals surface area (Å²) < 4.78 is 23.8. The summed E-state index contributed by atoms with van der Waals surface area (Å²) in [6.07, 6.45) is 14.2. The van der Waals surface area contributed by atoms with E-state index in [0.29, 0.717) is 44.1 Å². The summed E-state index contributed by atoms with van der Waals surface area (Å²) in [7, 11) is 1.35. The number of terminal acetylenes is 1. The molecule has 4 fully saturated rings. The van der Waals surface area contributed by atoms with Crippen LogP contribution in [0.15, 0.2) is 60.7 Å². The lowest BCUT2D eigenvalue weighted by atomic mass is 9.61. The first-order valence-corrected chi connectivity index (χ1v) is 15.5. The number of hydrogen-bond donors (Lipinski definition) is 1. The molecule has 6 rings (SSSR count). The molecule has 1 saturated heterocycles. The van der Waals surface area contributed by atoms with Crippen LogP contribution in [-0.2, 0) is 33.3 Å². The van der Waals surface area contributed by atoms with Crippen molar-refractivity contribution >= 4 is 24.0 Å². The van der Waals surface area contributed by atoms with Gasteiger partial charge in [0.2, 0.25) is 0 Å². The zero-order chi connectivity index (χ0) is 31.3.